The van der Waals surface area contributed by atoms with Gasteiger partial charge in [-0.25, -0.2) is 0 Å². The molecule has 1 aliphatic heterocycles. The molecule has 1 aromatic rings. The van der Waals surface area contributed by atoms with Crippen molar-refractivity contribution < 1.29 is 9.53 Å². The number of carbonyl (C=O) groups is 1. The number of benzene rings is 1. The third-order valence-electron chi connectivity index (χ3n) is 1.79. The van der Waals surface area contributed by atoms with E-state index in [4.69, 9.17) is 16.3 Å². The number of ether oxygens (including phenoxy) is 1. The van der Waals surface area contributed by atoms with Gasteiger partial charge in [-0.3, -0.25) is 4.79 Å². The maximum absolute atomic E-state index is 10.8. The van der Waals surface area contributed by atoms with Gasteiger partial charge in [-0.05, 0) is 24.3 Å². The van der Waals surface area contributed by atoms with Crippen molar-refractivity contribution in [3.05, 3.63) is 34.9 Å². The minimum absolute atomic E-state index is 0.412. The quantitative estimate of drug-likeness (QED) is 0.704. The maximum atomic E-state index is 10.8. The largest absolute Gasteiger partial charge is 0.410 e. The zero-order chi connectivity index (χ0) is 10.2. The van der Waals surface area contributed by atoms with Gasteiger partial charge in [-0.2, -0.15) is 0 Å². The summed E-state index contributed by atoms with van der Waals surface area (Å²) >= 11 is 5.72. The first-order valence-electron chi connectivity index (χ1n) is 4.02. The Morgan fingerprint density at radius 1 is 1.36 bits per heavy atom. The number of halogens is 1. The summed E-state index contributed by atoms with van der Waals surface area (Å²) < 4.78 is 4.96. The van der Waals surface area contributed by atoms with E-state index in [1.165, 1.54) is 6.92 Å². The van der Waals surface area contributed by atoms with Crippen LogP contribution in [0.25, 0.3) is 0 Å². The van der Waals surface area contributed by atoms with E-state index in [0.29, 0.717) is 10.6 Å². The van der Waals surface area contributed by atoms with Gasteiger partial charge in [0.25, 0.3) is 0 Å². The molecule has 0 spiro atoms. The molecule has 0 aromatic heterocycles. The standard InChI is InChI=1S/C9H7ClN2O2/c1-6(13)14-9(11-12-9)7-2-4-8(10)5-3-7/h2-5H,1H3. The van der Waals surface area contributed by atoms with Crippen molar-refractivity contribution >= 4 is 17.6 Å². The van der Waals surface area contributed by atoms with Crippen LogP contribution in [0.3, 0.4) is 0 Å². The minimum Gasteiger partial charge on any atom is -0.410 e. The van der Waals surface area contributed by atoms with Crippen LogP contribution in [0.4, 0.5) is 0 Å². The Balaban J connectivity index is 2.22. The number of hydrogen-bond donors (Lipinski definition) is 0. The summed E-state index contributed by atoms with van der Waals surface area (Å²) in [6.07, 6.45) is 0. The summed E-state index contributed by atoms with van der Waals surface area (Å²) in [5.74, 6) is -1.51. The first-order chi connectivity index (χ1) is 6.62. The molecule has 0 fully saturated rings. The number of rotatable bonds is 2. The summed E-state index contributed by atoms with van der Waals surface area (Å²) in [5.41, 5.74) is 0.706. The van der Waals surface area contributed by atoms with Crippen molar-refractivity contribution in [3.8, 4) is 0 Å². The molecule has 0 unspecified atom stereocenters. The highest BCUT2D eigenvalue weighted by atomic mass is 35.5. The average molecular weight is 211 g/mol. The predicted octanol–water partition coefficient (Wildman–Crippen LogP) is 2.48. The van der Waals surface area contributed by atoms with Crippen molar-refractivity contribution in [1.29, 1.82) is 0 Å². The Labute approximate surface area is 85.5 Å². The Kier molecular flexibility index (Phi) is 2.00. The Morgan fingerprint density at radius 2 is 1.93 bits per heavy atom. The molecule has 1 aliphatic rings. The smallest absolute Gasteiger partial charge is 0.363 e. The lowest BCUT2D eigenvalue weighted by atomic mass is 10.1. The highest BCUT2D eigenvalue weighted by Gasteiger charge is 2.46. The molecule has 0 N–H and O–H groups in total. The highest BCUT2D eigenvalue weighted by Crippen LogP contribution is 2.40. The first kappa shape index (κ1) is 9.15. The fourth-order valence-corrected chi connectivity index (χ4v) is 1.25. The maximum Gasteiger partial charge on any atom is 0.363 e. The second-order valence-corrected chi connectivity index (χ2v) is 3.35. The molecule has 72 valence electrons. The van der Waals surface area contributed by atoms with E-state index in [9.17, 15) is 4.79 Å². The molecule has 14 heavy (non-hydrogen) atoms. The van der Waals surface area contributed by atoms with Crippen LogP contribution < -0.4 is 0 Å². The fourth-order valence-electron chi connectivity index (χ4n) is 1.13. The van der Waals surface area contributed by atoms with Gasteiger partial charge < -0.3 is 4.74 Å². The zero-order valence-corrected chi connectivity index (χ0v) is 8.15. The molecule has 1 heterocycles. The van der Waals surface area contributed by atoms with Crippen molar-refractivity contribution in [2.24, 2.45) is 10.2 Å². The summed E-state index contributed by atoms with van der Waals surface area (Å²) in [7, 11) is 0. The van der Waals surface area contributed by atoms with Gasteiger partial charge in [0.2, 0.25) is 0 Å². The number of nitrogens with zero attached hydrogens (tertiary/aromatic N) is 2. The van der Waals surface area contributed by atoms with Gasteiger partial charge in [0, 0.05) is 17.5 Å². The van der Waals surface area contributed by atoms with Gasteiger partial charge in [0.1, 0.15) is 0 Å². The molecule has 0 atom stereocenters. The van der Waals surface area contributed by atoms with Crippen LogP contribution in [0.5, 0.6) is 0 Å². The molecule has 0 aliphatic carbocycles. The lowest BCUT2D eigenvalue weighted by Crippen LogP contribution is -2.16. The van der Waals surface area contributed by atoms with Crippen LogP contribution in [0.2, 0.25) is 5.02 Å². The van der Waals surface area contributed by atoms with Gasteiger partial charge >= 0.3 is 11.8 Å². The van der Waals surface area contributed by atoms with Gasteiger partial charge in [-0.15, -0.1) is 10.2 Å². The molecule has 5 heteroatoms. The van der Waals surface area contributed by atoms with Gasteiger partial charge in [0.15, 0.2) is 0 Å². The second kappa shape index (κ2) is 3.06. The molecule has 1 aromatic carbocycles. The van der Waals surface area contributed by atoms with Gasteiger partial charge in [0.05, 0.1) is 0 Å². The summed E-state index contributed by atoms with van der Waals surface area (Å²) in [6.45, 7) is 1.32. The monoisotopic (exact) mass is 210 g/mol. The number of esters is 1. The van der Waals surface area contributed by atoms with E-state index >= 15 is 0 Å². The van der Waals surface area contributed by atoms with Crippen molar-refractivity contribution in [1.82, 2.24) is 0 Å². The lowest BCUT2D eigenvalue weighted by molar-refractivity contribution is -0.150. The van der Waals surface area contributed by atoms with Crippen LogP contribution in [0, 0.1) is 0 Å². The highest BCUT2D eigenvalue weighted by molar-refractivity contribution is 6.30. The molecular weight excluding hydrogens is 204 g/mol. The molecule has 4 nitrogen and oxygen atoms in total. The molecule has 0 radical (unpaired) electrons. The van der Waals surface area contributed by atoms with Crippen LogP contribution in [-0.2, 0) is 15.4 Å². The van der Waals surface area contributed by atoms with E-state index < -0.39 is 11.8 Å². The van der Waals surface area contributed by atoms with Gasteiger partial charge in [-0.1, -0.05) is 11.6 Å². The van der Waals surface area contributed by atoms with E-state index in [1.54, 1.807) is 24.3 Å². The van der Waals surface area contributed by atoms with E-state index in [0.717, 1.165) is 0 Å². The Morgan fingerprint density at radius 3 is 2.36 bits per heavy atom. The summed E-state index contributed by atoms with van der Waals surface area (Å²) in [5, 5.41) is 8.04. The van der Waals surface area contributed by atoms with Crippen LogP contribution in [0.1, 0.15) is 12.5 Å². The predicted molar refractivity (Wildman–Crippen MR) is 49.8 cm³/mol. The zero-order valence-electron chi connectivity index (χ0n) is 7.40. The molecule has 0 saturated heterocycles. The van der Waals surface area contributed by atoms with Crippen LogP contribution in [0.15, 0.2) is 34.5 Å². The lowest BCUT2D eigenvalue weighted by Gasteiger charge is -2.09. The molecule has 0 saturated carbocycles. The first-order valence-corrected chi connectivity index (χ1v) is 4.40. The average Bonchev–Trinajstić information content (AvgIpc) is 2.85. The second-order valence-electron chi connectivity index (χ2n) is 2.91. The van der Waals surface area contributed by atoms with Crippen molar-refractivity contribution in [2.75, 3.05) is 0 Å². The topological polar surface area (TPSA) is 51.0 Å². The minimum atomic E-state index is -1.10. The third-order valence-corrected chi connectivity index (χ3v) is 2.04. The normalized spacial score (nSPS) is 16.4. The number of carbonyl (C=O) groups excluding carboxylic acids is 1. The van der Waals surface area contributed by atoms with Crippen LogP contribution in [-0.4, -0.2) is 5.97 Å². The van der Waals surface area contributed by atoms with E-state index in [-0.39, 0.29) is 0 Å². The van der Waals surface area contributed by atoms with Crippen molar-refractivity contribution in [3.63, 3.8) is 0 Å². The number of hydrogen-bond acceptors (Lipinski definition) is 4. The van der Waals surface area contributed by atoms with E-state index in [2.05, 4.69) is 10.2 Å². The molecule has 0 bridgehead atoms. The van der Waals surface area contributed by atoms with Crippen LogP contribution >= 0.6 is 11.6 Å². The fraction of sp³-hybridized carbons (Fsp3) is 0.222. The SMILES string of the molecule is CC(=O)OC1(c2ccc(Cl)cc2)N=N1. The Bertz CT molecular complexity index is 394. The third kappa shape index (κ3) is 1.61. The molecule has 0 amide bonds. The Hall–Kier alpha value is -1.42. The summed E-state index contributed by atoms with van der Waals surface area (Å²) in [4.78, 5) is 10.8. The molecule has 2 rings (SSSR count). The summed E-state index contributed by atoms with van der Waals surface area (Å²) in [6, 6.07) is 6.85. The molecular formula is C9H7ClN2O2. The van der Waals surface area contributed by atoms with Crippen molar-refractivity contribution in [2.45, 2.75) is 12.8 Å². The van der Waals surface area contributed by atoms with E-state index in [1.807, 2.05) is 0 Å².